The lowest BCUT2D eigenvalue weighted by Crippen LogP contribution is -2.42. The summed E-state index contributed by atoms with van der Waals surface area (Å²) in [7, 11) is 0. The van der Waals surface area contributed by atoms with Crippen LogP contribution in [0.5, 0.6) is 5.75 Å². The summed E-state index contributed by atoms with van der Waals surface area (Å²) < 4.78 is 20.5. The molecule has 4 heteroatoms. The highest BCUT2D eigenvalue weighted by atomic mass is 19.1. The van der Waals surface area contributed by atoms with Gasteiger partial charge in [0.25, 0.3) is 0 Å². The average molecular weight is 402 g/mol. The Morgan fingerprint density at radius 3 is 2.48 bits per heavy atom. The fraction of sp³-hybridized carbons (Fsp3) is 0.720. The number of carbonyl (C=O) groups excluding carboxylic acids is 1. The van der Waals surface area contributed by atoms with E-state index in [0.29, 0.717) is 17.3 Å². The van der Waals surface area contributed by atoms with Crippen molar-refractivity contribution in [3.63, 3.8) is 0 Å². The number of Topliss-reactive ketones (excluding diaryl/α,β-unsaturated/α-hetero) is 1. The van der Waals surface area contributed by atoms with Gasteiger partial charge in [0.05, 0.1) is 11.8 Å². The molecule has 2 saturated carbocycles. The Labute approximate surface area is 175 Å². The molecule has 0 amide bonds. The topological polar surface area (TPSA) is 29.5 Å². The van der Waals surface area contributed by atoms with Crippen LogP contribution >= 0.6 is 0 Å². The van der Waals surface area contributed by atoms with E-state index >= 15 is 0 Å². The largest absolute Gasteiger partial charge is 0.490 e. The molecule has 3 fully saturated rings. The van der Waals surface area contributed by atoms with Crippen LogP contribution in [0.4, 0.5) is 10.1 Å². The zero-order valence-electron chi connectivity index (χ0n) is 17.9. The summed E-state index contributed by atoms with van der Waals surface area (Å²) in [4.78, 5) is 13.4. The first-order valence-corrected chi connectivity index (χ1v) is 11.7. The van der Waals surface area contributed by atoms with Crippen molar-refractivity contribution in [3.05, 3.63) is 24.0 Å². The summed E-state index contributed by atoms with van der Waals surface area (Å²) in [6, 6.07) is 5.26. The highest BCUT2D eigenvalue weighted by molar-refractivity contribution is 5.75. The molecule has 3 aliphatic rings. The molecule has 0 aromatic heterocycles. The Hall–Kier alpha value is -1.58. The predicted octanol–water partition coefficient (Wildman–Crippen LogP) is 6.29. The fourth-order valence-electron chi connectivity index (χ4n) is 5.43. The van der Waals surface area contributed by atoms with Crippen molar-refractivity contribution in [2.24, 2.45) is 11.3 Å². The van der Waals surface area contributed by atoms with Crippen LogP contribution in [0.2, 0.25) is 0 Å². The summed E-state index contributed by atoms with van der Waals surface area (Å²) in [5.41, 5.74) is 1.18. The van der Waals surface area contributed by atoms with Gasteiger partial charge in [0.1, 0.15) is 17.3 Å². The van der Waals surface area contributed by atoms with Crippen molar-refractivity contribution in [1.82, 2.24) is 0 Å². The molecule has 2 aliphatic carbocycles. The van der Waals surface area contributed by atoms with Crippen molar-refractivity contribution in [2.75, 3.05) is 18.0 Å². The second-order valence-electron chi connectivity index (χ2n) is 9.81. The number of anilines is 1. The van der Waals surface area contributed by atoms with Gasteiger partial charge >= 0.3 is 0 Å². The minimum atomic E-state index is -0.129. The van der Waals surface area contributed by atoms with Gasteiger partial charge in [-0.3, -0.25) is 0 Å². The van der Waals surface area contributed by atoms with Gasteiger partial charge in [-0.15, -0.1) is 0 Å². The molecule has 0 radical (unpaired) electrons. The smallest absolute Gasteiger partial charge is 0.146 e. The third-order valence-corrected chi connectivity index (χ3v) is 7.74. The molecule has 0 N–H and O–H groups in total. The lowest BCUT2D eigenvalue weighted by Gasteiger charge is -2.46. The van der Waals surface area contributed by atoms with E-state index in [4.69, 9.17) is 4.74 Å². The highest BCUT2D eigenvalue weighted by Crippen LogP contribution is 2.48. The molecule has 3 nitrogen and oxygen atoms in total. The van der Waals surface area contributed by atoms with E-state index in [-0.39, 0.29) is 5.82 Å². The van der Waals surface area contributed by atoms with E-state index in [1.807, 2.05) is 6.07 Å². The molecular formula is C25H36FNO2. The molecule has 1 aromatic rings. The van der Waals surface area contributed by atoms with Gasteiger partial charge in [-0.2, -0.15) is 0 Å². The molecule has 4 rings (SSSR count). The lowest BCUT2D eigenvalue weighted by molar-refractivity contribution is -0.117. The second kappa shape index (κ2) is 9.06. The van der Waals surface area contributed by atoms with Crippen LogP contribution in [0.1, 0.15) is 84.0 Å². The first-order chi connectivity index (χ1) is 14.0. The zero-order chi connectivity index (χ0) is 20.3. The molecule has 1 saturated heterocycles. The first kappa shape index (κ1) is 20.7. The van der Waals surface area contributed by atoms with E-state index < -0.39 is 0 Å². The van der Waals surface area contributed by atoms with Crippen LogP contribution in [0.15, 0.2) is 18.2 Å². The Morgan fingerprint density at radius 1 is 1.14 bits per heavy atom. The van der Waals surface area contributed by atoms with Crippen LogP contribution in [0.25, 0.3) is 0 Å². The van der Waals surface area contributed by atoms with Gasteiger partial charge in [0, 0.05) is 25.6 Å². The first-order valence-electron chi connectivity index (χ1n) is 11.7. The van der Waals surface area contributed by atoms with E-state index in [9.17, 15) is 9.18 Å². The Balaban J connectivity index is 1.28. The molecule has 1 heterocycles. The SMILES string of the molecule is CC(=O)CCCC1CCC2(CC1)CCN(c1cc(OC3CCC3)ccc1F)CC2. The quantitative estimate of drug-likeness (QED) is 0.537. The van der Waals surface area contributed by atoms with E-state index in [0.717, 1.165) is 56.1 Å². The summed E-state index contributed by atoms with van der Waals surface area (Å²) in [5, 5.41) is 0. The molecule has 1 spiro atoms. The number of benzene rings is 1. The van der Waals surface area contributed by atoms with Gasteiger partial charge in [-0.25, -0.2) is 4.39 Å². The lowest BCUT2D eigenvalue weighted by atomic mass is 9.65. The minimum Gasteiger partial charge on any atom is -0.490 e. The molecular weight excluding hydrogens is 365 g/mol. The van der Waals surface area contributed by atoms with Gasteiger partial charge in [-0.1, -0.05) is 6.42 Å². The Kier molecular flexibility index (Phi) is 6.46. The number of hydrogen-bond acceptors (Lipinski definition) is 3. The Bertz CT molecular complexity index is 697. The zero-order valence-corrected chi connectivity index (χ0v) is 17.9. The number of piperidine rings is 1. The fourth-order valence-corrected chi connectivity index (χ4v) is 5.43. The normalized spacial score (nSPS) is 22.5. The summed E-state index contributed by atoms with van der Waals surface area (Å²) in [6.45, 7) is 3.58. The summed E-state index contributed by atoms with van der Waals surface area (Å²) in [5.74, 6) is 1.81. The van der Waals surface area contributed by atoms with E-state index in [1.165, 1.54) is 51.4 Å². The van der Waals surface area contributed by atoms with Crippen LogP contribution < -0.4 is 9.64 Å². The number of nitrogens with zero attached hydrogens (tertiary/aromatic N) is 1. The molecule has 1 aromatic carbocycles. The molecule has 0 bridgehead atoms. The number of ether oxygens (including phenoxy) is 1. The molecule has 0 unspecified atom stereocenters. The van der Waals surface area contributed by atoms with Gasteiger partial charge in [0.2, 0.25) is 0 Å². The van der Waals surface area contributed by atoms with Gasteiger partial charge < -0.3 is 14.4 Å². The highest BCUT2D eigenvalue weighted by Gasteiger charge is 2.38. The van der Waals surface area contributed by atoms with Crippen LogP contribution in [0, 0.1) is 17.2 Å². The standard InChI is InChI=1S/C25H36FNO2/c1-19(28)4-2-5-20-10-12-25(13-11-20)14-16-27(17-15-25)24-18-22(8-9-23(24)26)29-21-6-3-7-21/h8-9,18,20-21H,2-7,10-17H2,1H3. The van der Waals surface area contributed by atoms with Gasteiger partial charge in [0.15, 0.2) is 0 Å². The van der Waals surface area contributed by atoms with Crippen LogP contribution in [-0.2, 0) is 4.79 Å². The van der Waals surface area contributed by atoms with Crippen molar-refractivity contribution in [1.29, 1.82) is 0 Å². The maximum atomic E-state index is 14.5. The van der Waals surface area contributed by atoms with E-state index in [2.05, 4.69) is 4.90 Å². The Morgan fingerprint density at radius 2 is 1.86 bits per heavy atom. The third-order valence-electron chi connectivity index (χ3n) is 7.74. The van der Waals surface area contributed by atoms with E-state index in [1.54, 1.807) is 19.1 Å². The predicted molar refractivity (Wildman–Crippen MR) is 115 cm³/mol. The average Bonchev–Trinajstić information content (AvgIpc) is 2.68. The maximum absolute atomic E-state index is 14.5. The molecule has 1 aliphatic heterocycles. The number of rotatable bonds is 7. The second-order valence-corrected chi connectivity index (χ2v) is 9.81. The monoisotopic (exact) mass is 401 g/mol. The minimum absolute atomic E-state index is 0.129. The molecule has 0 atom stereocenters. The molecule has 160 valence electrons. The number of hydrogen-bond donors (Lipinski definition) is 0. The summed E-state index contributed by atoms with van der Waals surface area (Å²) in [6.07, 6.45) is 14.4. The summed E-state index contributed by atoms with van der Waals surface area (Å²) >= 11 is 0. The van der Waals surface area contributed by atoms with Crippen LogP contribution in [0.3, 0.4) is 0 Å². The number of ketones is 1. The van der Waals surface area contributed by atoms with Crippen molar-refractivity contribution in [3.8, 4) is 5.75 Å². The van der Waals surface area contributed by atoms with Crippen molar-refractivity contribution < 1.29 is 13.9 Å². The number of carbonyl (C=O) groups is 1. The maximum Gasteiger partial charge on any atom is 0.146 e. The third kappa shape index (κ3) is 5.13. The number of halogens is 1. The van der Waals surface area contributed by atoms with Crippen molar-refractivity contribution >= 4 is 11.5 Å². The van der Waals surface area contributed by atoms with Gasteiger partial charge in [-0.05, 0) is 94.6 Å². The van der Waals surface area contributed by atoms with Crippen LogP contribution in [-0.4, -0.2) is 25.0 Å². The molecule has 29 heavy (non-hydrogen) atoms. The van der Waals surface area contributed by atoms with Crippen molar-refractivity contribution in [2.45, 2.75) is 90.1 Å².